The van der Waals surface area contributed by atoms with Gasteiger partial charge >= 0.3 is 0 Å². The summed E-state index contributed by atoms with van der Waals surface area (Å²) in [6, 6.07) is 6.76. The Hall–Kier alpha value is -2.70. The largest absolute Gasteiger partial charge is 0.366 e. The number of benzene rings is 1. The van der Waals surface area contributed by atoms with Crippen molar-refractivity contribution in [3.05, 3.63) is 48.2 Å². The van der Waals surface area contributed by atoms with Crippen molar-refractivity contribution >= 4 is 17.4 Å². The zero-order chi connectivity index (χ0) is 19.5. The van der Waals surface area contributed by atoms with Gasteiger partial charge in [-0.15, -0.1) is 0 Å². The highest BCUT2D eigenvalue weighted by Crippen LogP contribution is 2.22. The molecule has 1 atom stereocenters. The Bertz CT molecular complexity index is 820. The van der Waals surface area contributed by atoms with E-state index >= 15 is 0 Å². The lowest BCUT2D eigenvalue weighted by Gasteiger charge is -2.36. The summed E-state index contributed by atoms with van der Waals surface area (Å²) in [5, 5.41) is 0. The van der Waals surface area contributed by atoms with Crippen molar-refractivity contribution in [2.45, 2.75) is 19.8 Å². The van der Waals surface area contributed by atoms with Crippen LogP contribution in [0.15, 0.2) is 36.7 Å². The third-order valence-electron chi connectivity index (χ3n) is 5.60. The topological polar surface area (TPSA) is 52.6 Å². The molecular weight excluding hydrogens is 357 g/mol. The van der Waals surface area contributed by atoms with Crippen LogP contribution in [-0.4, -0.2) is 60.0 Å². The summed E-state index contributed by atoms with van der Waals surface area (Å²) in [7, 11) is 0. The molecule has 1 aromatic carbocycles. The minimum atomic E-state index is -0.226. The van der Waals surface area contributed by atoms with Gasteiger partial charge in [0.25, 0.3) is 5.91 Å². The summed E-state index contributed by atoms with van der Waals surface area (Å²) in [4.78, 5) is 27.6. The van der Waals surface area contributed by atoms with E-state index < -0.39 is 0 Å². The van der Waals surface area contributed by atoms with Crippen molar-refractivity contribution in [3.8, 4) is 0 Å². The molecule has 2 aromatic rings. The average Bonchev–Trinajstić information content (AvgIpc) is 2.74. The van der Waals surface area contributed by atoms with E-state index in [-0.39, 0.29) is 11.7 Å². The molecule has 3 heterocycles. The van der Waals surface area contributed by atoms with Crippen LogP contribution < -0.4 is 9.80 Å². The van der Waals surface area contributed by atoms with E-state index in [4.69, 9.17) is 0 Å². The van der Waals surface area contributed by atoms with E-state index in [9.17, 15) is 9.18 Å². The van der Waals surface area contributed by atoms with Crippen LogP contribution in [0.3, 0.4) is 0 Å². The Kier molecular flexibility index (Phi) is 5.41. The van der Waals surface area contributed by atoms with E-state index in [0.29, 0.717) is 43.5 Å². The fourth-order valence-electron chi connectivity index (χ4n) is 4.01. The van der Waals surface area contributed by atoms with Crippen molar-refractivity contribution in [1.29, 1.82) is 0 Å². The molecule has 0 N–H and O–H groups in total. The average molecular weight is 383 g/mol. The number of carbonyl (C=O) groups is 1. The van der Waals surface area contributed by atoms with E-state index in [1.54, 1.807) is 29.4 Å². The second-order valence-corrected chi connectivity index (χ2v) is 7.68. The van der Waals surface area contributed by atoms with Gasteiger partial charge in [0.2, 0.25) is 0 Å². The molecule has 1 aromatic heterocycles. The lowest BCUT2D eigenvalue weighted by molar-refractivity contribution is 0.0740. The Morgan fingerprint density at radius 2 is 1.82 bits per heavy atom. The highest BCUT2D eigenvalue weighted by atomic mass is 19.1. The number of carbonyl (C=O) groups excluding carboxylic acids is 1. The fraction of sp³-hybridized carbons (Fsp3) is 0.476. The van der Waals surface area contributed by atoms with E-state index in [0.717, 1.165) is 25.3 Å². The Labute approximate surface area is 165 Å². The third kappa shape index (κ3) is 3.93. The van der Waals surface area contributed by atoms with Crippen molar-refractivity contribution < 1.29 is 9.18 Å². The molecule has 148 valence electrons. The zero-order valence-electron chi connectivity index (χ0n) is 16.2. The lowest BCUT2D eigenvalue weighted by atomic mass is 10.0. The van der Waals surface area contributed by atoms with Gasteiger partial charge in [-0.25, -0.2) is 14.4 Å². The Morgan fingerprint density at radius 1 is 1.04 bits per heavy atom. The second kappa shape index (κ2) is 8.12. The molecule has 4 rings (SSSR count). The van der Waals surface area contributed by atoms with Gasteiger partial charge in [-0.3, -0.25) is 4.79 Å². The summed E-state index contributed by atoms with van der Waals surface area (Å²) in [5.74, 6) is 1.16. The molecule has 0 radical (unpaired) electrons. The predicted octanol–water partition coefficient (Wildman–Crippen LogP) is 2.81. The Morgan fingerprint density at radius 3 is 2.50 bits per heavy atom. The number of aromatic nitrogens is 2. The molecular formula is C21H26FN5O. The summed E-state index contributed by atoms with van der Waals surface area (Å²) < 4.78 is 14.0. The van der Waals surface area contributed by atoms with Crippen molar-refractivity contribution in [2.24, 2.45) is 5.92 Å². The maximum atomic E-state index is 14.0. The smallest absolute Gasteiger partial charge is 0.274 e. The first kappa shape index (κ1) is 18.7. The standard InChI is InChI=1S/C21H26FN5O/c1-16-5-4-8-27(15-16)20-14-23-18(13-24-20)21(28)26-11-9-25(10-12-26)19-7-3-2-6-17(19)22/h2-3,6-7,13-14,16H,4-5,8-12,15H2,1H3. The molecule has 0 aliphatic carbocycles. The van der Waals surface area contributed by atoms with Crippen LogP contribution in [0.2, 0.25) is 0 Å². The van der Waals surface area contributed by atoms with Gasteiger partial charge in [0, 0.05) is 39.3 Å². The molecule has 1 amide bonds. The number of piperidine rings is 1. The van der Waals surface area contributed by atoms with Crippen LogP contribution in [0.5, 0.6) is 0 Å². The molecule has 1 unspecified atom stereocenters. The van der Waals surface area contributed by atoms with Crippen molar-refractivity contribution in [1.82, 2.24) is 14.9 Å². The first-order valence-corrected chi connectivity index (χ1v) is 9.97. The zero-order valence-corrected chi connectivity index (χ0v) is 16.2. The molecule has 0 saturated carbocycles. The van der Waals surface area contributed by atoms with Gasteiger partial charge in [0.15, 0.2) is 0 Å². The van der Waals surface area contributed by atoms with Gasteiger partial charge < -0.3 is 14.7 Å². The third-order valence-corrected chi connectivity index (χ3v) is 5.60. The number of para-hydroxylation sites is 1. The number of halogens is 1. The second-order valence-electron chi connectivity index (χ2n) is 7.68. The molecule has 7 heteroatoms. The first-order chi connectivity index (χ1) is 13.6. The number of amides is 1. The summed E-state index contributed by atoms with van der Waals surface area (Å²) in [5.41, 5.74) is 0.961. The van der Waals surface area contributed by atoms with E-state index in [2.05, 4.69) is 21.8 Å². The number of rotatable bonds is 3. The normalized spacial score (nSPS) is 20.4. The highest BCUT2D eigenvalue weighted by Gasteiger charge is 2.25. The molecule has 28 heavy (non-hydrogen) atoms. The number of hydrogen-bond acceptors (Lipinski definition) is 5. The van der Waals surface area contributed by atoms with Crippen LogP contribution in [0, 0.1) is 11.7 Å². The molecule has 2 aliphatic heterocycles. The first-order valence-electron chi connectivity index (χ1n) is 9.97. The van der Waals surface area contributed by atoms with Crippen molar-refractivity contribution in [2.75, 3.05) is 49.1 Å². The SMILES string of the molecule is CC1CCCN(c2cnc(C(=O)N3CCN(c4ccccc4F)CC3)cn2)C1. The quantitative estimate of drug-likeness (QED) is 0.816. The number of nitrogens with zero attached hydrogens (tertiary/aromatic N) is 5. The number of piperazine rings is 1. The molecule has 2 aliphatic rings. The van der Waals surface area contributed by atoms with Crippen LogP contribution in [0.25, 0.3) is 0 Å². The van der Waals surface area contributed by atoms with Crippen LogP contribution in [0.4, 0.5) is 15.9 Å². The maximum Gasteiger partial charge on any atom is 0.274 e. The van der Waals surface area contributed by atoms with Gasteiger partial charge in [-0.05, 0) is 30.9 Å². The minimum absolute atomic E-state index is 0.112. The van der Waals surface area contributed by atoms with E-state index in [1.807, 2.05) is 11.0 Å². The molecule has 0 bridgehead atoms. The van der Waals surface area contributed by atoms with Gasteiger partial charge in [0.1, 0.15) is 17.3 Å². The number of hydrogen-bond donors (Lipinski definition) is 0. The van der Waals surface area contributed by atoms with Crippen LogP contribution >= 0.6 is 0 Å². The monoisotopic (exact) mass is 383 g/mol. The molecule has 0 spiro atoms. The van der Waals surface area contributed by atoms with Gasteiger partial charge in [-0.1, -0.05) is 19.1 Å². The van der Waals surface area contributed by atoms with Gasteiger partial charge in [0.05, 0.1) is 18.1 Å². The number of anilines is 2. The van der Waals surface area contributed by atoms with Gasteiger partial charge in [-0.2, -0.15) is 0 Å². The van der Waals surface area contributed by atoms with Crippen LogP contribution in [-0.2, 0) is 0 Å². The van der Waals surface area contributed by atoms with E-state index in [1.165, 1.54) is 12.5 Å². The lowest BCUT2D eigenvalue weighted by Crippen LogP contribution is -2.49. The Balaban J connectivity index is 1.37. The molecule has 2 saturated heterocycles. The summed E-state index contributed by atoms with van der Waals surface area (Å²) in [6.07, 6.45) is 5.70. The fourth-order valence-corrected chi connectivity index (χ4v) is 4.01. The minimum Gasteiger partial charge on any atom is -0.366 e. The van der Waals surface area contributed by atoms with Crippen molar-refractivity contribution in [3.63, 3.8) is 0 Å². The predicted molar refractivity (Wildman–Crippen MR) is 107 cm³/mol. The highest BCUT2D eigenvalue weighted by molar-refractivity contribution is 5.92. The van der Waals surface area contributed by atoms with Crippen LogP contribution in [0.1, 0.15) is 30.3 Å². The maximum absolute atomic E-state index is 14.0. The molecule has 6 nitrogen and oxygen atoms in total. The molecule has 2 fully saturated rings. The summed E-state index contributed by atoms with van der Waals surface area (Å²) in [6.45, 7) is 6.51. The summed E-state index contributed by atoms with van der Waals surface area (Å²) >= 11 is 0.